The molecule has 2 heterocycles. The number of aromatic nitrogens is 2. The van der Waals surface area contributed by atoms with Crippen molar-refractivity contribution in [1.29, 1.82) is 0 Å². The van der Waals surface area contributed by atoms with Crippen LogP contribution in [0.4, 0.5) is 11.5 Å². The highest BCUT2D eigenvalue weighted by atomic mass is 16.1. The van der Waals surface area contributed by atoms with Gasteiger partial charge in [0.05, 0.1) is 5.56 Å². The lowest BCUT2D eigenvalue weighted by Gasteiger charge is -2.37. The topological polar surface area (TPSA) is 81.0 Å². The highest BCUT2D eigenvalue weighted by molar-refractivity contribution is 6.01. The van der Waals surface area contributed by atoms with Crippen LogP contribution in [0.15, 0.2) is 40.3 Å². The molecule has 0 unspecified atom stereocenters. The van der Waals surface area contributed by atoms with Gasteiger partial charge in [0.1, 0.15) is 5.82 Å². The van der Waals surface area contributed by atoms with Crippen molar-refractivity contribution in [3.63, 3.8) is 0 Å². The molecule has 0 saturated heterocycles. The molecule has 0 amide bonds. The second-order valence-electron chi connectivity index (χ2n) is 8.24. The lowest BCUT2D eigenvalue weighted by atomic mass is 9.69. The molecular weight excluding hydrogens is 328 g/mol. The summed E-state index contributed by atoms with van der Waals surface area (Å²) in [7, 11) is 3.98. The van der Waals surface area contributed by atoms with Gasteiger partial charge in [0.15, 0.2) is 5.78 Å². The Kier molecular flexibility index (Phi) is 3.61. The maximum atomic E-state index is 13.0. The quantitative estimate of drug-likeness (QED) is 0.776. The minimum atomic E-state index is -0.337. The van der Waals surface area contributed by atoms with Gasteiger partial charge in [-0.25, -0.2) is 0 Å². The van der Waals surface area contributed by atoms with Crippen molar-refractivity contribution in [3.8, 4) is 0 Å². The number of carbonyl (C=O) groups is 1. The van der Waals surface area contributed by atoms with E-state index < -0.39 is 0 Å². The molecule has 6 nitrogen and oxygen atoms in total. The van der Waals surface area contributed by atoms with Gasteiger partial charge < -0.3 is 10.2 Å². The van der Waals surface area contributed by atoms with Crippen LogP contribution in [0.25, 0.3) is 0 Å². The minimum absolute atomic E-state index is 0.0870. The van der Waals surface area contributed by atoms with Crippen molar-refractivity contribution in [2.75, 3.05) is 24.3 Å². The number of Topliss-reactive ketones (excluding diaryl/α,β-unsaturated/α-hetero) is 1. The zero-order valence-electron chi connectivity index (χ0n) is 15.6. The maximum absolute atomic E-state index is 13.0. The third kappa shape index (κ3) is 2.57. The Balaban J connectivity index is 1.89. The Bertz CT molecular complexity index is 960. The van der Waals surface area contributed by atoms with Crippen molar-refractivity contribution >= 4 is 17.3 Å². The van der Waals surface area contributed by atoms with E-state index in [4.69, 9.17) is 0 Å². The average molecular weight is 352 g/mol. The molecule has 0 saturated carbocycles. The molecule has 1 aliphatic heterocycles. The smallest absolute Gasteiger partial charge is 0.270 e. The standard InChI is InChI=1S/C20H24N4O2/c1-20(2)9-13-16(14(25)10-20)15(17-18(21-13)22-23-19(17)26)11-5-7-12(8-6-11)24(3)4/h5-8,15H,9-10H2,1-4H3,(H3,21,22,23,26)/t15-/m1/s1. The fraction of sp³-hybridized carbons (Fsp3) is 0.400. The normalized spacial score (nSPS) is 21.1. The lowest BCUT2D eigenvalue weighted by Crippen LogP contribution is -2.35. The molecule has 4 rings (SSSR count). The van der Waals surface area contributed by atoms with Gasteiger partial charge in [-0.15, -0.1) is 0 Å². The van der Waals surface area contributed by atoms with Crippen LogP contribution in [0.2, 0.25) is 0 Å². The Morgan fingerprint density at radius 1 is 1.04 bits per heavy atom. The molecule has 0 spiro atoms. The van der Waals surface area contributed by atoms with Crippen molar-refractivity contribution in [2.45, 2.75) is 32.6 Å². The first-order chi connectivity index (χ1) is 12.3. The van der Waals surface area contributed by atoms with Crippen LogP contribution in [-0.4, -0.2) is 30.1 Å². The number of H-pyrrole nitrogens is 2. The average Bonchev–Trinajstić information content (AvgIpc) is 2.93. The molecule has 1 atom stereocenters. The molecule has 0 fully saturated rings. The fourth-order valence-electron chi connectivity index (χ4n) is 4.12. The van der Waals surface area contributed by atoms with Gasteiger partial charge in [-0.05, 0) is 29.5 Å². The summed E-state index contributed by atoms with van der Waals surface area (Å²) in [5.74, 6) is 0.452. The molecular formula is C20H24N4O2. The van der Waals surface area contributed by atoms with E-state index in [0.717, 1.165) is 28.9 Å². The third-order valence-corrected chi connectivity index (χ3v) is 5.33. The van der Waals surface area contributed by atoms with Crippen molar-refractivity contribution in [2.24, 2.45) is 5.41 Å². The number of anilines is 2. The van der Waals surface area contributed by atoms with E-state index in [0.29, 0.717) is 17.8 Å². The van der Waals surface area contributed by atoms with E-state index in [2.05, 4.69) is 29.4 Å². The molecule has 1 aromatic heterocycles. The number of hydrogen-bond donors (Lipinski definition) is 3. The Morgan fingerprint density at radius 3 is 2.38 bits per heavy atom. The molecule has 0 bridgehead atoms. The van der Waals surface area contributed by atoms with Crippen molar-refractivity contribution < 1.29 is 4.79 Å². The van der Waals surface area contributed by atoms with E-state index in [1.807, 2.05) is 43.3 Å². The summed E-state index contributed by atoms with van der Waals surface area (Å²) >= 11 is 0. The molecule has 2 aromatic rings. The first-order valence-corrected chi connectivity index (χ1v) is 8.88. The first kappa shape index (κ1) is 16.7. The van der Waals surface area contributed by atoms with Gasteiger partial charge >= 0.3 is 0 Å². The second-order valence-corrected chi connectivity index (χ2v) is 8.24. The number of carbonyl (C=O) groups excluding carboxylic acids is 1. The number of benzene rings is 1. The predicted molar refractivity (Wildman–Crippen MR) is 103 cm³/mol. The molecule has 1 aromatic carbocycles. The summed E-state index contributed by atoms with van der Waals surface area (Å²) < 4.78 is 0. The van der Waals surface area contributed by atoms with E-state index >= 15 is 0 Å². The maximum Gasteiger partial charge on any atom is 0.270 e. The van der Waals surface area contributed by atoms with Crippen molar-refractivity contribution in [1.82, 2.24) is 10.2 Å². The summed E-state index contributed by atoms with van der Waals surface area (Å²) in [4.78, 5) is 27.5. The summed E-state index contributed by atoms with van der Waals surface area (Å²) in [6.07, 6.45) is 1.28. The molecule has 6 heteroatoms. The zero-order chi connectivity index (χ0) is 18.6. The number of allylic oxidation sites excluding steroid dienone is 2. The highest BCUT2D eigenvalue weighted by Crippen LogP contribution is 2.47. The molecule has 136 valence electrons. The molecule has 1 aliphatic carbocycles. The zero-order valence-corrected chi connectivity index (χ0v) is 15.6. The van der Waals surface area contributed by atoms with Crippen LogP contribution < -0.4 is 15.8 Å². The van der Waals surface area contributed by atoms with Crippen LogP contribution in [0.1, 0.15) is 43.7 Å². The monoisotopic (exact) mass is 352 g/mol. The van der Waals surface area contributed by atoms with Crippen LogP contribution in [0, 0.1) is 5.41 Å². The summed E-state index contributed by atoms with van der Waals surface area (Å²) in [5.41, 5.74) is 4.03. The number of fused-ring (bicyclic) bond motifs is 1. The van der Waals surface area contributed by atoms with Gasteiger partial charge in [-0.1, -0.05) is 26.0 Å². The predicted octanol–water partition coefficient (Wildman–Crippen LogP) is 2.97. The third-order valence-electron chi connectivity index (χ3n) is 5.33. The lowest BCUT2D eigenvalue weighted by molar-refractivity contribution is -0.118. The van der Waals surface area contributed by atoms with Crippen LogP contribution in [0.5, 0.6) is 0 Å². The van der Waals surface area contributed by atoms with E-state index in [9.17, 15) is 9.59 Å². The van der Waals surface area contributed by atoms with E-state index in [-0.39, 0.29) is 22.7 Å². The number of hydrogen-bond acceptors (Lipinski definition) is 4. The van der Waals surface area contributed by atoms with Crippen LogP contribution in [0.3, 0.4) is 0 Å². The Labute approximate surface area is 152 Å². The molecule has 0 radical (unpaired) electrons. The van der Waals surface area contributed by atoms with Crippen molar-refractivity contribution in [3.05, 3.63) is 57.0 Å². The van der Waals surface area contributed by atoms with Gasteiger partial charge in [-0.2, -0.15) is 0 Å². The summed E-state index contributed by atoms with van der Waals surface area (Å²) in [6, 6.07) is 8.07. The fourth-order valence-corrected chi connectivity index (χ4v) is 4.12. The van der Waals surface area contributed by atoms with E-state index in [1.54, 1.807) is 0 Å². The highest BCUT2D eigenvalue weighted by Gasteiger charge is 2.42. The largest absolute Gasteiger partial charge is 0.378 e. The van der Waals surface area contributed by atoms with Gasteiger partial charge in [0.2, 0.25) is 0 Å². The van der Waals surface area contributed by atoms with Crippen LogP contribution >= 0.6 is 0 Å². The van der Waals surface area contributed by atoms with Gasteiger partial charge in [-0.3, -0.25) is 19.8 Å². The SMILES string of the molecule is CN(C)c1ccc([C@@H]2C3=C(CC(C)(C)CC3=O)Nc3[nH][nH]c(=O)c32)cc1. The summed E-state index contributed by atoms with van der Waals surface area (Å²) in [5, 5.41) is 8.89. The van der Waals surface area contributed by atoms with Crippen LogP contribution in [-0.2, 0) is 4.79 Å². The second kappa shape index (κ2) is 5.62. The van der Waals surface area contributed by atoms with E-state index in [1.165, 1.54) is 0 Å². The molecule has 26 heavy (non-hydrogen) atoms. The molecule has 2 aliphatic rings. The minimum Gasteiger partial charge on any atom is -0.378 e. The first-order valence-electron chi connectivity index (χ1n) is 8.88. The summed E-state index contributed by atoms with van der Waals surface area (Å²) in [6.45, 7) is 4.21. The number of ketones is 1. The van der Waals surface area contributed by atoms with Gasteiger partial charge in [0, 0.05) is 43.4 Å². The number of rotatable bonds is 2. The Hall–Kier alpha value is -2.76. The number of nitrogens with zero attached hydrogens (tertiary/aromatic N) is 1. The molecule has 3 N–H and O–H groups in total. The number of aromatic amines is 2. The van der Waals surface area contributed by atoms with Gasteiger partial charge in [0.25, 0.3) is 5.56 Å². The Morgan fingerprint density at radius 2 is 1.73 bits per heavy atom. The number of nitrogens with one attached hydrogen (secondary N) is 3.